The molecule has 7 heteroatoms. The summed E-state index contributed by atoms with van der Waals surface area (Å²) in [7, 11) is 0. The summed E-state index contributed by atoms with van der Waals surface area (Å²) in [5.74, 6) is 0.632. The molecule has 0 bridgehead atoms. The van der Waals surface area contributed by atoms with E-state index in [1.807, 2.05) is 6.07 Å². The van der Waals surface area contributed by atoms with E-state index in [-0.39, 0.29) is 29.8 Å². The number of aryl methyl sites for hydroxylation is 1. The normalized spacial score (nSPS) is 19.8. The van der Waals surface area contributed by atoms with Gasteiger partial charge >= 0.3 is 0 Å². The number of hydrogen-bond donors (Lipinski definition) is 2. The van der Waals surface area contributed by atoms with Gasteiger partial charge in [-0.15, -0.1) is 0 Å². The molecule has 0 unspecified atom stereocenters. The second kappa shape index (κ2) is 8.73. The molecule has 1 fully saturated rings. The molecule has 1 saturated carbocycles. The molecular formula is C21H29N3O4. The number of carbonyl (C=O) groups excluding carboxylic acids is 1. The third-order valence-electron chi connectivity index (χ3n) is 5.26. The van der Waals surface area contributed by atoms with Crippen molar-refractivity contribution in [2.75, 3.05) is 0 Å². The molecule has 2 heterocycles. The fourth-order valence-corrected chi connectivity index (χ4v) is 3.75. The standard InChI is InChI=1S/C21H29N3O4/c1-13(2)10-15-11-18(28-23-15)12-22-20(26)19-14(3)8-9-24(21(19)27)16-4-6-17(25)7-5-16/h8-9,11,13,16-17,25H,4-7,10,12H2,1-3H3,(H,22,26). The molecule has 152 valence electrons. The number of carbonyl (C=O) groups is 1. The predicted molar refractivity (Wildman–Crippen MR) is 105 cm³/mol. The van der Waals surface area contributed by atoms with Crippen molar-refractivity contribution >= 4 is 5.91 Å². The zero-order valence-corrected chi connectivity index (χ0v) is 16.8. The van der Waals surface area contributed by atoms with Crippen LogP contribution in [0.2, 0.25) is 0 Å². The van der Waals surface area contributed by atoms with Crippen LogP contribution in [0.5, 0.6) is 0 Å². The first-order chi connectivity index (χ1) is 13.3. The SMILES string of the molecule is Cc1ccn(C2CCC(O)CC2)c(=O)c1C(=O)NCc1cc(CC(C)C)no1. The van der Waals surface area contributed by atoms with Gasteiger partial charge in [0.2, 0.25) is 0 Å². The number of hydrogen-bond acceptors (Lipinski definition) is 5. The van der Waals surface area contributed by atoms with Crippen molar-refractivity contribution < 1.29 is 14.4 Å². The Kier molecular flexibility index (Phi) is 6.34. The summed E-state index contributed by atoms with van der Waals surface area (Å²) in [6.07, 6.45) is 5.11. The van der Waals surface area contributed by atoms with Crippen molar-refractivity contribution in [1.82, 2.24) is 15.0 Å². The Labute approximate surface area is 164 Å². The van der Waals surface area contributed by atoms with E-state index in [1.54, 1.807) is 23.8 Å². The molecule has 2 aromatic heterocycles. The molecular weight excluding hydrogens is 358 g/mol. The van der Waals surface area contributed by atoms with Gasteiger partial charge < -0.3 is 19.5 Å². The summed E-state index contributed by atoms with van der Waals surface area (Å²) in [5, 5.41) is 16.5. The third-order valence-corrected chi connectivity index (χ3v) is 5.26. The van der Waals surface area contributed by atoms with E-state index in [1.165, 1.54) is 0 Å². The highest BCUT2D eigenvalue weighted by Crippen LogP contribution is 2.27. The second-order valence-electron chi connectivity index (χ2n) is 8.11. The molecule has 0 spiro atoms. The smallest absolute Gasteiger partial charge is 0.263 e. The van der Waals surface area contributed by atoms with Gasteiger partial charge in [0.05, 0.1) is 18.3 Å². The van der Waals surface area contributed by atoms with Gasteiger partial charge in [-0.2, -0.15) is 0 Å². The molecule has 1 aliphatic carbocycles. The number of aromatic nitrogens is 2. The van der Waals surface area contributed by atoms with Crippen LogP contribution in [-0.4, -0.2) is 26.8 Å². The highest BCUT2D eigenvalue weighted by atomic mass is 16.5. The minimum Gasteiger partial charge on any atom is -0.393 e. The molecule has 1 amide bonds. The number of aliphatic hydroxyl groups is 1. The van der Waals surface area contributed by atoms with Crippen LogP contribution in [0.3, 0.4) is 0 Å². The summed E-state index contributed by atoms with van der Waals surface area (Å²) in [4.78, 5) is 25.7. The van der Waals surface area contributed by atoms with Crippen LogP contribution in [0, 0.1) is 12.8 Å². The van der Waals surface area contributed by atoms with Crippen LogP contribution < -0.4 is 10.9 Å². The first-order valence-corrected chi connectivity index (χ1v) is 9.97. The van der Waals surface area contributed by atoms with Gasteiger partial charge in [0.15, 0.2) is 5.76 Å². The molecule has 3 rings (SSSR count). The maximum atomic E-state index is 13.0. The van der Waals surface area contributed by atoms with Crippen LogP contribution in [0.15, 0.2) is 27.6 Å². The Hall–Kier alpha value is -2.41. The molecule has 28 heavy (non-hydrogen) atoms. The van der Waals surface area contributed by atoms with Gasteiger partial charge in [-0.1, -0.05) is 19.0 Å². The monoisotopic (exact) mass is 387 g/mol. The Morgan fingerprint density at radius 2 is 2.07 bits per heavy atom. The van der Waals surface area contributed by atoms with Crippen molar-refractivity contribution in [3.8, 4) is 0 Å². The molecule has 0 aromatic carbocycles. The third kappa shape index (κ3) is 4.70. The maximum absolute atomic E-state index is 13.0. The van der Waals surface area contributed by atoms with Crippen LogP contribution in [-0.2, 0) is 13.0 Å². The summed E-state index contributed by atoms with van der Waals surface area (Å²) in [6.45, 7) is 6.16. The van der Waals surface area contributed by atoms with Crippen molar-refractivity contribution in [3.05, 3.63) is 51.3 Å². The summed E-state index contributed by atoms with van der Waals surface area (Å²) in [6, 6.07) is 3.66. The zero-order chi connectivity index (χ0) is 20.3. The lowest BCUT2D eigenvalue weighted by atomic mass is 9.92. The van der Waals surface area contributed by atoms with E-state index in [0.29, 0.717) is 30.1 Å². The van der Waals surface area contributed by atoms with Gasteiger partial charge in [0.1, 0.15) is 5.56 Å². The van der Waals surface area contributed by atoms with Gasteiger partial charge in [-0.05, 0) is 56.6 Å². The van der Waals surface area contributed by atoms with E-state index in [0.717, 1.165) is 25.0 Å². The summed E-state index contributed by atoms with van der Waals surface area (Å²) < 4.78 is 6.91. The lowest BCUT2D eigenvalue weighted by Gasteiger charge is -2.27. The zero-order valence-electron chi connectivity index (χ0n) is 16.8. The Morgan fingerprint density at radius 1 is 1.36 bits per heavy atom. The molecule has 2 N–H and O–H groups in total. The first kappa shape index (κ1) is 20.3. The molecule has 2 aromatic rings. The van der Waals surface area contributed by atoms with Gasteiger partial charge in [-0.25, -0.2) is 0 Å². The molecule has 7 nitrogen and oxygen atoms in total. The van der Waals surface area contributed by atoms with Crippen molar-refractivity contribution in [2.45, 2.75) is 71.6 Å². The first-order valence-electron chi connectivity index (χ1n) is 9.97. The highest BCUT2D eigenvalue weighted by Gasteiger charge is 2.24. The number of pyridine rings is 1. The highest BCUT2D eigenvalue weighted by molar-refractivity contribution is 5.95. The quantitative estimate of drug-likeness (QED) is 0.794. The van der Waals surface area contributed by atoms with Gasteiger partial charge in [0, 0.05) is 18.3 Å². The Bertz CT molecular complexity index is 876. The van der Waals surface area contributed by atoms with Crippen LogP contribution >= 0.6 is 0 Å². The number of nitrogens with zero attached hydrogens (tertiary/aromatic N) is 2. The van der Waals surface area contributed by atoms with Gasteiger partial charge in [0.25, 0.3) is 11.5 Å². The maximum Gasteiger partial charge on any atom is 0.263 e. The van der Waals surface area contributed by atoms with E-state index in [2.05, 4.69) is 24.3 Å². The fraction of sp³-hybridized carbons (Fsp3) is 0.571. The van der Waals surface area contributed by atoms with E-state index in [9.17, 15) is 14.7 Å². The predicted octanol–water partition coefficient (Wildman–Crippen LogP) is 2.75. The van der Waals surface area contributed by atoms with E-state index < -0.39 is 5.91 Å². The number of rotatable bonds is 6. The van der Waals surface area contributed by atoms with Crippen LogP contribution in [0.25, 0.3) is 0 Å². The Balaban J connectivity index is 1.71. The van der Waals surface area contributed by atoms with Crippen molar-refractivity contribution in [1.29, 1.82) is 0 Å². The lowest BCUT2D eigenvalue weighted by molar-refractivity contribution is 0.0940. The van der Waals surface area contributed by atoms with Crippen molar-refractivity contribution in [2.24, 2.45) is 5.92 Å². The fourth-order valence-electron chi connectivity index (χ4n) is 3.75. The largest absolute Gasteiger partial charge is 0.393 e. The topological polar surface area (TPSA) is 97.4 Å². The lowest BCUT2D eigenvalue weighted by Crippen LogP contribution is -2.36. The molecule has 0 saturated heterocycles. The van der Waals surface area contributed by atoms with E-state index in [4.69, 9.17) is 4.52 Å². The van der Waals surface area contributed by atoms with Crippen LogP contribution in [0.4, 0.5) is 0 Å². The average Bonchev–Trinajstić information content (AvgIpc) is 3.08. The minimum atomic E-state index is -0.408. The molecule has 0 aliphatic heterocycles. The number of nitrogens with one attached hydrogen (secondary N) is 1. The molecule has 0 radical (unpaired) electrons. The second-order valence-corrected chi connectivity index (χ2v) is 8.11. The Morgan fingerprint density at radius 3 is 2.75 bits per heavy atom. The van der Waals surface area contributed by atoms with Gasteiger partial charge in [-0.3, -0.25) is 9.59 Å². The summed E-state index contributed by atoms with van der Waals surface area (Å²) >= 11 is 0. The average molecular weight is 387 g/mol. The van der Waals surface area contributed by atoms with Crippen LogP contribution in [0.1, 0.15) is 72.9 Å². The molecule has 1 aliphatic rings. The number of aliphatic hydroxyl groups excluding tert-OH is 1. The summed E-state index contributed by atoms with van der Waals surface area (Å²) in [5.41, 5.74) is 1.39. The van der Waals surface area contributed by atoms with Crippen molar-refractivity contribution in [3.63, 3.8) is 0 Å². The minimum absolute atomic E-state index is 0.0240. The molecule has 0 atom stereocenters. The number of amides is 1. The van der Waals surface area contributed by atoms with E-state index >= 15 is 0 Å².